The van der Waals surface area contributed by atoms with Gasteiger partial charge in [0.2, 0.25) is 5.95 Å². The average Bonchev–Trinajstić information content (AvgIpc) is 2.93. The van der Waals surface area contributed by atoms with E-state index in [2.05, 4.69) is 19.5 Å². The standard InChI is InChI=1S/C10H12ClN5.H2O4S/c11-8-7-9(15-10(12)14-8)16(5-13-7)6-3-1-2-4-6;1-5(2,3)4/h5-6H,1-4H2,(H2,12,14,15);(H2,1,2,3,4). The zero-order valence-corrected chi connectivity index (χ0v) is 12.4. The van der Waals surface area contributed by atoms with Crippen LogP contribution in [0.3, 0.4) is 0 Å². The van der Waals surface area contributed by atoms with Crippen molar-refractivity contribution in [2.24, 2.45) is 0 Å². The van der Waals surface area contributed by atoms with Gasteiger partial charge in [-0.05, 0) is 12.8 Å². The maximum atomic E-state index is 8.74. The molecule has 11 heteroatoms. The molecular formula is C10H14ClN5O4S. The lowest BCUT2D eigenvalue weighted by Crippen LogP contribution is -2.05. The lowest BCUT2D eigenvalue weighted by molar-refractivity contribution is 0.381. The molecule has 0 atom stereocenters. The summed E-state index contributed by atoms with van der Waals surface area (Å²) in [5.74, 6) is 0.206. The van der Waals surface area contributed by atoms with Crippen molar-refractivity contribution in [3.05, 3.63) is 11.5 Å². The summed E-state index contributed by atoms with van der Waals surface area (Å²) in [6, 6.07) is 0.482. The smallest absolute Gasteiger partial charge is 0.368 e. The van der Waals surface area contributed by atoms with E-state index in [-0.39, 0.29) is 5.95 Å². The number of rotatable bonds is 1. The summed E-state index contributed by atoms with van der Waals surface area (Å²) in [6.45, 7) is 0. The number of nitrogens with two attached hydrogens (primary N) is 1. The maximum absolute atomic E-state index is 8.74. The van der Waals surface area contributed by atoms with Gasteiger partial charge in [0.25, 0.3) is 0 Å². The number of imidazole rings is 1. The third kappa shape index (κ3) is 4.24. The van der Waals surface area contributed by atoms with Crippen LogP contribution in [-0.2, 0) is 10.4 Å². The fourth-order valence-corrected chi connectivity index (χ4v) is 2.57. The number of hydrogen-bond acceptors (Lipinski definition) is 6. The van der Waals surface area contributed by atoms with Crippen LogP contribution >= 0.6 is 11.6 Å². The minimum Gasteiger partial charge on any atom is -0.368 e. The molecule has 0 radical (unpaired) electrons. The molecule has 1 aliphatic carbocycles. The van der Waals surface area contributed by atoms with Gasteiger partial charge in [0.15, 0.2) is 10.8 Å². The van der Waals surface area contributed by atoms with Crippen LogP contribution in [0.4, 0.5) is 5.95 Å². The number of fused-ring (bicyclic) bond motifs is 1. The minimum absolute atomic E-state index is 0.206. The summed E-state index contributed by atoms with van der Waals surface area (Å²) in [7, 11) is -4.67. The predicted octanol–water partition coefficient (Wildman–Crippen LogP) is 1.52. The first kappa shape index (κ1) is 15.9. The zero-order chi connectivity index (χ0) is 15.6. The van der Waals surface area contributed by atoms with Crippen LogP contribution in [-0.4, -0.2) is 37.0 Å². The molecule has 21 heavy (non-hydrogen) atoms. The van der Waals surface area contributed by atoms with Gasteiger partial charge in [-0.3, -0.25) is 9.11 Å². The third-order valence-electron chi connectivity index (χ3n) is 3.11. The first-order chi connectivity index (χ1) is 9.75. The van der Waals surface area contributed by atoms with Crippen molar-refractivity contribution in [1.29, 1.82) is 0 Å². The van der Waals surface area contributed by atoms with Gasteiger partial charge >= 0.3 is 10.4 Å². The number of anilines is 1. The second-order valence-corrected chi connectivity index (χ2v) is 5.84. The van der Waals surface area contributed by atoms with E-state index < -0.39 is 10.4 Å². The van der Waals surface area contributed by atoms with E-state index in [4.69, 9.17) is 34.9 Å². The Morgan fingerprint density at radius 3 is 2.43 bits per heavy atom. The van der Waals surface area contributed by atoms with Crippen LogP contribution in [0.25, 0.3) is 11.2 Å². The van der Waals surface area contributed by atoms with E-state index in [1.54, 1.807) is 6.33 Å². The highest BCUT2D eigenvalue weighted by molar-refractivity contribution is 7.79. The topological polar surface area (TPSA) is 144 Å². The van der Waals surface area contributed by atoms with Gasteiger partial charge < -0.3 is 10.3 Å². The molecule has 2 aromatic heterocycles. The van der Waals surface area contributed by atoms with Gasteiger partial charge in [-0.2, -0.15) is 18.4 Å². The van der Waals surface area contributed by atoms with E-state index >= 15 is 0 Å². The second-order valence-electron chi connectivity index (χ2n) is 4.58. The minimum atomic E-state index is -4.67. The SMILES string of the molecule is Nc1nc(Cl)c2ncn(C3CCCC3)c2n1.O=S(=O)(O)O. The van der Waals surface area contributed by atoms with Gasteiger partial charge in [-0.1, -0.05) is 24.4 Å². The molecule has 0 aromatic carbocycles. The molecule has 2 heterocycles. The molecule has 1 aliphatic rings. The molecule has 9 nitrogen and oxygen atoms in total. The predicted molar refractivity (Wildman–Crippen MR) is 76.4 cm³/mol. The number of nitrogens with zero attached hydrogens (tertiary/aromatic N) is 4. The van der Waals surface area contributed by atoms with E-state index in [0.717, 1.165) is 5.65 Å². The quantitative estimate of drug-likeness (QED) is 0.525. The van der Waals surface area contributed by atoms with Gasteiger partial charge in [0.05, 0.1) is 6.33 Å². The molecular weight excluding hydrogens is 322 g/mol. The Morgan fingerprint density at radius 2 is 1.86 bits per heavy atom. The Hall–Kier alpha value is -1.49. The van der Waals surface area contributed by atoms with E-state index in [1.165, 1.54) is 25.7 Å². The van der Waals surface area contributed by atoms with Gasteiger partial charge in [0, 0.05) is 6.04 Å². The molecule has 116 valence electrons. The average molecular weight is 336 g/mol. The van der Waals surface area contributed by atoms with Crippen LogP contribution in [0.1, 0.15) is 31.7 Å². The lowest BCUT2D eigenvalue weighted by Gasteiger charge is -2.11. The lowest BCUT2D eigenvalue weighted by atomic mass is 10.2. The van der Waals surface area contributed by atoms with Crippen molar-refractivity contribution in [1.82, 2.24) is 19.5 Å². The Morgan fingerprint density at radius 1 is 1.29 bits per heavy atom. The molecule has 0 bridgehead atoms. The summed E-state index contributed by atoms with van der Waals surface area (Å²) >= 11 is 5.98. The molecule has 1 fully saturated rings. The first-order valence-electron chi connectivity index (χ1n) is 6.11. The number of nitrogen functional groups attached to an aromatic ring is 1. The van der Waals surface area contributed by atoms with Crippen LogP contribution in [0.15, 0.2) is 6.33 Å². The monoisotopic (exact) mass is 335 g/mol. The number of halogens is 1. The summed E-state index contributed by atoms with van der Waals surface area (Å²) in [4.78, 5) is 12.4. The van der Waals surface area contributed by atoms with Crippen molar-refractivity contribution in [2.45, 2.75) is 31.7 Å². The Kier molecular flexibility index (Phi) is 4.61. The Labute approximate surface area is 125 Å². The summed E-state index contributed by atoms with van der Waals surface area (Å²) < 4.78 is 33.7. The molecule has 0 amide bonds. The molecule has 3 rings (SSSR count). The maximum Gasteiger partial charge on any atom is 0.394 e. The van der Waals surface area contributed by atoms with Crippen molar-refractivity contribution in [2.75, 3.05) is 5.73 Å². The fraction of sp³-hybridized carbons (Fsp3) is 0.500. The van der Waals surface area contributed by atoms with Gasteiger partial charge in [-0.15, -0.1) is 0 Å². The molecule has 0 aliphatic heterocycles. The first-order valence-corrected chi connectivity index (χ1v) is 7.88. The molecule has 0 unspecified atom stereocenters. The molecule has 1 saturated carbocycles. The van der Waals surface area contributed by atoms with E-state index in [0.29, 0.717) is 16.7 Å². The third-order valence-corrected chi connectivity index (χ3v) is 3.38. The van der Waals surface area contributed by atoms with Crippen molar-refractivity contribution in [3.63, 3.8) is 0 Å². The second kappa shape index (κ2) is 6.10. The Bertz CT molecular complexity index is 733. The zero-order valence-electron chi connectivity index (χ0n) is 10.8. The van der Waals surface area contributed by atoms with Gasteiger partial charge in [-0.25, -0.2) is 4.98 Å². The highest BCUT2D eigenvalue weighted by atomic mass is 35.5. The number of aromatic nitrogens is 4. The molecule has 0 saturated heterocycles. The Balaban J connectivity index is 0.000000282. The highest BCUT2D eigenvalue weighted by Crippen LogP contribution is 2.32. The largest absolute Gasteiger partial charge is 0.394 e. The number of hydrogen-bond donors (Lipinski definition) is 3. The van der Waals surface area contributed by atoms with Gasteiger partial charge in [0.1, 0.15) is 5.52 Å². The summed E-state index contributed by atoms with van der Waals surface area (Å²) in [6.07, 6.45) is 6.66. The van der Waals surface area contributed by atoms with Crippen molar-refractivity contribution in [3.8, 4) is 0 Å². The molecule has 2 aromatic rings. The summed E-state index contributed by atoms with van der Waals surface area (Å²) in [5, 5.41) is 0.333. The summed E-state index contributed by atoms with van der Waals surface area (Å²) in [5.41, 5.74) is 7.00. The normalized spacial score (nSPS) is 16.0. The van der Waals surface area contributed by atoms with Crippen LogP contribution in [0.5, 0.6) is 0 Å². The fourth-order valence-electron chi connectivity index (χ4n) is 2.35. The van der Waals surface area contributed by atoms with Crippen LogP contribution in [0.2, 0.25) is 5.15 Å². The van der Waals surface area contributed by atoms with Crippen LogP contribution in [0, 0.1) is 0 Å². The van der Waals surface area contributed by atoms with E-state index in [1.807, 2.05) is 0 Å². The molecule has 4 N–H and O–H groups in total. The molecule has 0 spiro atoms. The van der Waals surface area contributed by atoms with Crippen LogP contribution < -0.4 is 5.73 Å². The highest BCUT2D eigenvalue weighted by Gasteiger charge is 2.20. The van der Waals surface area contributed by atoms with Crippen molar-refractivity contribution < 1.29 is 17.5 Å². The van der Waals surface area contributed by atoms with Crippen molar-refractivity contribution >= 4 is 39.1 Å². The van der Waals surface area contributed by atoms with E-state index in [9.17, 15) is 0 Å².